The van der Waals surface area contributed by atoms with Crippen LogP contribution in [0.25, 0.3) is 11.1 Å². The molecule has 0 fully saturated rings. The molecule has 0 aliphatic carbocycles. The first-order valence-corrected chi connectivity index (χ1v) is 5.42. The SMILES string of the molecule is C=C(C)C.c1ccc(-c2ccccc2)cc1. The van der Waals surface area contributed by atoms with E-state index in [-0.39, 0.29) is 0 Å². The van der Waals surface area contributed by atoms with Crippen molar-refractivity contribution in [2.75, 3.05) is 0 Å². The molecule has 0 unspecified atom stereocenters. The maximum absolute atomic E-state index is 3.56. The summed E-state index contributed by atoms with van der Waals surface area (Å²) in [6.07, 6.45) is 0. The van der Waals surface area contributed by atoms with Crippen molar-refractivity contribution in [2.24, 2.45) is 0 Å². The summed E-state index contributed by atoms with van der Waals surface area (Å²) in [5, 5.41) is 0. The molecule has 0 heterocycles. The third-order valence-electron chi connectivity index (χ3n) is 1.88. The Morgan fingerprint density at radius 1 is 0.688 bits per heavy atom. The van der Waals surface area contributed by atoms with E-state index < -0.39 is 0 Å². The van der Waals surface area contributed by atoms with E-state index in [0.29, 0.717) is 0 Å². The Morgan fingerprint density at radius 3 is 1.19 bits per heavy atom. The molecule has 0 saturated heterocycles. The Balaban J connectivity index is 0.000000280. The summed E-state index contributed by atoms with van der Waals surface area (Å²) in [5.74, 6) is 0. The van der Waals surface area contributed by atoms with E-state index in [1.165, 1.54) is 16.7 Å². The lowest BCUT2D eigenvalue weighted by molar-refractivity contribution is 1.42. The van der Waals surface area contributed by atoms with Gasteiger partial charge in [-0.3, -0.25) is 0 Å². The normalized spacial score (nSPS) is 8.88. The minimum atomic E-state index is 1.17. The highest BCUT2D eigenvalue weighted by Gasteiger charge is 1.91. The minimum Gasteiger partial charge on any atom is -0.100 e. The van der Waals surface area contributed by atoms with E-state index in [4.69, 9.17) is 0 Å². The lowest BCUT2D eigenvalue weighted by Crippen LogP contribution is -1.73. The second kappa shape index (κ2) is 6.62. The molecule has 0 nitrogen and oxygen atoms in total. The monoisotopic (exact) mass is 210 g/mol. The first kappa shape index (κ1) is 12.3. The van der Waals surface area contributed by atoms with Gasteiger partial charge in [0.2, 0.25) is 0 Å². The van der Waals surface area contributed by atoms with Gasteiger partial charge >= 0.3 is 0 Å². The van der Waals surface area contributed by atoms with E-state index in [2.05, 4.69) is 55.1 Å². The van der Waals surface area contributed by atoms with Gasteiger partial charge in [-0.1, -0.05) is 66.2 Å². The van der Waals surface area contributed by atoms with Crippen LogP contribution < -0.4 is 0 Å². The van der Waals surface area contributed by atoms with Crippen molar-refractivity contribution in [1.29, 1.82) is 0 Å². The molecule has 0 aliphatic rings. The van der Waals surface area contributed by atoms with Crippen LogP contribution in [0.3, 0.4) is 0 Å². The minimum absolute atomic E-state index is 1.17. The molecule has 0 radical (unpaired) electrons. The average Bonchev–Trinajstić information content (AvgIpc) is 2.31. The molecule has 0 aromatic heterocycles. The van der Waals surface area contributed by atoms with Crippen molar-refractivity contribution in [1.82, 2.24) is 0 Å². The third kappa shape index (κ3) is 4.61. The molecular formula is C16H18. The van der Waals surface area contributed by atoms with Gasteiger partial charge in [-0.2, -0.15) is 0 Å². The second-order valence-electron chi connectivity index (χ2n) is 3.94. The lowest BCUT2D eigenvalue weighted by atomic mass is 10.1. The molecule has 2 aromatic carbocycles. The highest BCUT2D eigenvalue weighted by atomic mass is 14.0. The largest absolute Gasteiger partial charge is 0.100 e. The summed E-state index contributed by atoms with van der Waals surface area (Å²) in [7, 11) is 0. The van der Waals surface area contributed by atoms with Crippen LogP contribution in [-0.4, -0.2) is 0 Å². The molecule has 0 aliphatic heterocycles. The third-order valence-corrected chi connectivity index (χ3v) is 1.88. The maximum atomic E-state index is 3.56. The quantitative estimate of drug-likeness (QED) is 0.585. The van der Waals surface area contributed by atoms with Gasteiger partial charge in [-0.05, 0) is 25.0 Å². The molecule has 2 rings (SSSR count). The van der Waals surface area contributed by atoms with Crippen LogP contribution in [-0.2, 0) is 0 Å². The first-order chi connectivity index (χ1) is 7.70. The molecule has 0 N–H and O–H groups in total. The van der Waals surface area contributed by atoms with Crippen LogP contribution in [0, 0.1) is 0 Å². The summed E-state index contributed by atoms with van der Waals surface area (Å²) in [6.45, 7) is 7.50. The summed E-state index contributed by atoms with van der Waals surface area (Å²) in [4.78, 5) is 0. The Labute approximate surface area is 98.3 Å². The lowest BCUT2D eigenvalue weighted by Gasteiger charge is -1.98. The van der Waals surface area contributed by atoms with Crippen LogP contribution in [0.1, 0.15) is 13.8 Å². The Hall–Kier alpha value is -1.82. The van der Waals surface area contributed by atoms with Crippen LogP contribution >= 0.6 is 0 Å². The standard InChI is InChI=1S/C12H10.C4H8/c1-3-7-11(8-4-1)12-9-5-2-6-10-12;1-4(2)3/h1-10H;1H2,2-3H3. The summed E-state index contributed by atoms with van der Waals surface area (Å²) >= 11 is 0. The van der Waals surface area contributed by atoms with Gasteiger partial charge in [0, 0.05) is 0 Å². The summed E-state index contributed by atoms with van der Waals surface area (Å²) in [6, 6.07) is 20.8. The van der Waals surface area contributed by atoms with Crippen LogP contribution in [0.15, 0.2) is 72.8 Å². The number of hydrogen-bond acceptors (Lipinski definition) is 0. The van der Waals surface area contributed by atoms with E-state index in [0.717, 1.165) is 0 Å². The van der Waals surface area contributed by atoms with Gasteiger partial charge in [0.1, 0.15) is 0 Å². The van der Waals surface area contributed by atoms with Gasteiger partial charge in [0.05, 0.1) is 0 Å². The van der Waals surface area contributed by atoms with Crippen molar-refractivity contribution in [3.63, 3.8) is 0 Å². The van der Waals surface area contributed by atoms with E-state index >= 15 is 0 Å². The van der Waals surface area contributed by atoms with Gasteiger partial charge in [-0.25, -0.2) is 0 Å². The zero-order valence-corrected chi connectivity index (χ0v) is 9.98. The molecule has 0 bridgehead atoms. The molecule has 0 saturated carbocycles. The van der Waals surface area contributed by atoms with E-state index in [1.807, 2.05) is 26.0 Å². The Kier molecular flexibility index (Phi) is 5.07. The van der Waals surface area contributed by atoms with Crippen LogP contribution in [0.4, 0.5) is 0 Å². The highest BCUT2D eigenvalue weighted by molar-refractivity contribution is 5.62. The van der Waals surface area contributed by atoms with Gasteiger partial charge < -0.3 is 0 Å². The van der Waals surface area contributed by atoms with Crippen LogP contribution in [0.2, 0.25) is 0 Å². The predicted octanol–water partition coefficient (Wildman–Crippen LogP) is 4.94. The first-order valence-electron chi connectivity index (χ1n) is 5.42. The molecule has 2 aromatic rings. The number of benzene rings is 2. The van der Waals surface area contributed by atoms with Crippen molar-refractivity contribution >= 4 is 0 Å². The molecule has 0 heteroatoms. The zero-order valence-electron chi connectivity index (χ0n) is 9.98. The molecule has 0 spiro atoms. The fourth-order valence-corrected chi connectivity index (χ4v) is 1.26. The number of rotatable bonds is 1. The van der Waals surface area contributed by atoms with Crippen molar-refractivity contribution < 1.29 is 0 Å². The van der Waals surface area contributed by atoms with Gasteiger partial charge in [0.25, 0.3) is 0 Å². The fourth-order valence-electron chi connectivity index (χ4n) is 1.26. The van der Waals surface area contributed by atoms with E-state index in [9.17, 15) is 0 Å². The fraction of sp³-hybridized carbons (Fsp3) is 0.125. The zero-order chi connectivity index (χ0) is 11.8. The molecule has 0 amide bonds. The molecule has 82 valence electrons. The second-order valence-corrected chi connectivity index (χ2v) is 3.94. The average molecular weight is 210 g/mol. The summed E-state index contributed by atoms with van der Waals surface area (Å²) in [5.41, 5.74) is 3.72. The van der Waals surface area contributed by atoms with Crippen molar-refractivity contribution in [2.45, 2.75) is 13.8 Å². The Bertz CT molecular complexity index is 371. The predicted molar refractivity (Wildman–Crippen MR) is 72.4 cm³/mol. The van der Waals surface area contributed by atoms with Crippen molar-refractivity contribution in [3.05, 3.63) is 72.8 Å². The van der Waals surface area contributed by atoms with Crippen LogP contribution in [0.5, 0.6) is 0 Å². The number of allylic oxidation sites excluding steroid dienone is 1. The molecular weight excluding hydrogens is 192 g/mol. The smallest absolute Gasteiger partial charge is 0.0184 e. The maximum Gasteiger partial charge on any atom is -0.0184 e. The molecule has 0 atom stereocenters. The highest BCUT2D eigenvalue weighted by Crippen LogP contribution is 2.17. The molecule has 16 heavy (non-hydrogen) atoms. The van der Waals surface area contributed by atoms with Crippen molar-refractivity contribution in [3.8, 4) is 11.1 Å². The van der Waals surface area contributed by atoms with Gasteiger partial charge in [-0.15, -0.1) is 6.58 Å². The number of hydrogen-bond donors (Lipinski definition) is 0. The Morgan fingerprint density at radius 2 is 0.938 bits per heavy atom. The topological polar surface area (TPSA) is 0 Å². The van der Waals surface area contributed by atoms with E-state index in [1.54, 1.807) is 0 Å². The van der Waals surface area contributed by atoms with Gasteiger partial charge in [0.15, 0.2) is 0 Å². The summed E-state index contributed by atoms with van der Waals surface area (Å²) < 4.78 is 0.